The number of carbonyl (C=O) groups excluding carboxylic acids is 1. The van der Waals surface area contributed by atoms with Gasteiger partial charge in [-0.3, -0.25) is 14.2 Å². The van der Waals surface area contributed by atoms with Crippen molar-refractivity contribution < 1.29 is 14.6 Å². The summed E-state index contributed by atoms with van der Waals surface area (Å²) in [6.45, 7) is 3.67. The second kappa shape index (κ2) is 8.24. The summed E-state index contributed by atoms with van der Waals surface area (Å²) in [6, 6.07) is 7.24. The van der Waals surface area contributed by atoms with Crippen LogP contribution in [0.2, 0.25) is 0 Å². The van der Waals surface area contributed by atoms with Gasteiger partial charge in [-0.2, -0.15) is 0 Å². The number of benzene rings is 1. The third-order valence-corrected chi connectivity index (χ3v) is 6.34. The number of likely N-dealkylation sites (tertiary alicyclic amines) is 1. The molecule has 2 aliphatic heterocycles. The number of aliphatic hydroxyl groups is 1. The van der Waals surface area contributed by atoms with Crippen LogP contribution in [0.1, 0.15) is 45.4 Å². The predicted molar refractivity (Wildman–Crippen MR) is 110 cm³/mol. The molecule has 0 radical (unpaired) electrons. The number of piperidine rings is 1. The van der Waals surface area contributed by atoms with E-state index in [0.29, 0.717) is 43.4 Å². The molecule has 2 aliphatic rings. The molecule has 0 aliphatic carbocycles. The third-order valence-electron chi connectivity index (χ3n) is 6.34. The Morgan fingerprint density at radius 1 is 1.31 bits per heavy atom. The Kier molecular flexibility index (Phi) is 5.69. The van der Waals surface area contributed by atoms with E-state index in [1.54, 1.807) is 6.07 Å². The van der Waals surface area contributed by atoms with Crippen molar-refractivity contribution in [2.45, 2.75) is 69.8 Å². The highest BCUT2D eigenvalue weighted by Crippen LogP contribution is 2.38. The van der Waals surface area contributed by atoms with Gasteiger partial charge in [-0.25, -0.2) is 4.98 Å². The Labute approximate surface area is 170 Å². The molecule has 0 unspecified atom stereocenters. The number of ether oxygens (including phenoxy) is 1. The first-order chi connectivity index (χ1) is 14.0. The lowest BCUT2D eigenvalue weighted by Gasteiger charge is -2.47. The molecule has 1 amide bonds. The monoisotopic (exact) mass is 399 g/mol. The molecular formula is C22H29N3O4. The van der Waals surface area contributed by atoms with Crippen LogP contribution in [0.4, 0.5) is 0 Å². The van der Waals surface area contributed by atoms with Gasteiger partial charge in [0.15, 0.2) is 0 Å². The fourth-order valence-corrected chi connectivity index (χ4v) is 4.64. The first-order valence-electron chi connectivity index (χ1n) is 10.6. The summed E-state index contributed by atoms with van der Waals surface area (Å²) in [5.74, 6) is 0.0447. The summed E-state index contributed by atoms with van der Waals surface area (Å²) in [4.78, 5) is 31.4. The van der Waals surface area contributed by atoms with Gasteiger partial charge in [0, 0.05) is 32.5 Å². The number of carbonyl (C=O) groups is 1. The van der Waals surface area contributed by atoms with Gasteiger partial charge in [-0.1, -0.05) is 19.1 Å². The van der Waals surface area contributed by atoms with Crippen LogP contribution < -0.4 is 5.56 Å². The summed E-state index contributed by atoms with van der Waals surface area (Å²) < 4.78 is 7.81. The van der Waals surface area contributed by atoms with E-state index >= 15 is 0 Å². The number of hydrogen-bond donors (Lipinski definition) is 1. The highest BCUT2D eigenvalue weighted by molar-refractivity contribution is 5.77. The molecule has 2 saturated heterocycles. The van der Waals surface area contributed by atoms with Gasteiger partial charge in [-0.05, 0) is 37.8 Å². The van der Waals surface area contributed by atoms with E-state index in [2.05, 4.69) is 11.9 Å². The zero-order chi connectivity index (χ0) is 20.4. The number of aliphatic hydroxyl groups excluding tert-OH is 1. The highest BCUT2D eigenvalue weighted by Gasteiger charge is 2.43. The number of aryl methyl sites for hydroxylation is 1. The fraction of sp³-hybridized carbons (Fsp3) is 0.591. The minimum absolute atomic E-state index is 0.0447. The summed E-state index contributed by atoms with van der Waals surface area (Å²) in [5, 5.41) is 10.8. The van der Waals surface area contributed by atoms with E-state index < -0.39 is 0 Å². The normalized spacial score (nSPS) is 24.1. The van der Waals surface area contributed by atoms with Crippen LogP contribution in [-0.4, -0.2) is 56.4 Å². The molecule has 3 heterocycles. The lowest BCUT2D eigenvalue weighted by molar-refractivity contribution is -0.183. The Bertz CT molecular complexity index is 933. The third kappa shape index (κ3) is 4.21. The number of aromatic nitrogens is 2. The number of amides is 1. The molecule has 0 saturated carbocycles. The molecule has 1 spiro atoms. The van der Waals surface area contributed by atoms with Crippen molar-refractivity contribution in [3.05, 3.63) is 40.9 Å². The molecule has 2 atom stereocenters. The van der Waals surface area contributed by atoms with E-state index in [9.17, 15) is 14.7 Å². The van der Waals surface area contributed by atoms with E-state index in [0.717, 1.165) is 19.3 Å². The lowest BCUT2D eigenvalue weighted by atomic mass is 9.81. The van der Waals surface area contributed by atoms with Crippen molar-refractivity contribution in [2.75, 3.05) is 13.1 Å². The average Bonchev–Trinajstić information content (AvgIpc) is 2.73. The molecule has 4 rings (SSSR count). The average molecular weight is 399 g/mol. The van der Waals surface area contributed by atoms with E-state index in [4.69, 9.17) is 4.74 Å². The summed E-state index contributed by atoms with van der Waals surface area (Å²) in [6.07, 6.45) is 5.35. The number of fused-ring (bicyclic) bond motifs is 1. The largest absolute Gasteiger partial charge is 0.393 e. The second-order valence-electron chi connectivity index (χ2n) is 8.32. The van der Waals surface area contributed by atoms with E-state index in [-0.39, 0.29) is 35.7 Å². The first-order valence-corrected chi connectivity index (χ1v) is 10.6. The summed E-state index contributed by atoms with van der Waals surface area (Å²) in [7, 11) is 0. The fourth-order valence-electron chi connectivity index (χ4n) is 4.64. The van der Waals surface area contributed by atoms with E-state index in [1.165, 1.54) is 10.9 Å². The molecule has 1 aromatic carbocycles. The van der Waals surface area contributed by atoms with Crippen LogP contribution in [0.15, 0.2) is 35.4 Å². The van der Waals surface area contributed by atoms with Crippen LogP contribution in [0.3, 0.4) is 0 Å². The molecule has 1 aromatic heterocycles. The quantitative estimate of drug-likeness (QED) is 0.851. The topological polar surface area (TPSA) is 84.7 Å². The minimum Gasteiger partial charge on any atom is -0.393 e. The molecule has 0 bridgehead atoms. The van der Waals surface area contributed by atoms with Gasteiger partial charge in [0.2, 0.25) is 5.91 Å². The van der Waals surface area contributed by atoms with Gasteiger partial charge in [-0.15, -0.1) is 0 Å². The van der Waals surface area contributed by atoms with Gasteiger partial charge < -0.3 is 14.7 Å². The van der Waals surface area contributed by atoms with Gasteiger partial charge in [0.1, 0.15) is 0 Å². The Hall–Kier alpha value is -2.25. The molecule has 2 fully saturated rings. The van der Waals surface area contributed by atoms with Gasteiger partial charge in [0.05, 0.1) is 35.0 Å². The van der Waals surface area contributed by atoms with E-state index in [1.807, 2.05) is 23.1 Å². The predicted octanol–water partition coefficient (Wildman–Crippen LogP) is 2.10. The zero-order valence-corrected chi connectivity index (χ0v) is 16.9. The molecule has 1 N–H and O–H groups in total. The maximum absolute atomic E-state index is 12.7. The van der Waals surface area contributed by atoms with Crippen LogP contribution >= 0.6 is 0 Å². The van der Waals surface area contributed by atoms with Crippen LogP contribution in [0, 0.1) is 0 Å². The van der Waals surface area contributed by atoms with Crippen molar-refractivity contribution in [1.29, 1.82) is 0 Å². The molecule has 29 heavy (non-hydrogen) atoms. The number of nitrogens with zero attached hydrogens (tertiary/aromatic N) is 3. The van der Waals surface area contributed by atoms with Crippen LogP contribution in [-0.2, 0) is 16.1 Å². The van der Waals surface area contributed by atoms with Crippen molar-refractivity contribution in [2.24, 2.45) is 0 Å². The van der Waals surface area contributed by atoms with Crippen molar-refractivity contribution in [3.8, 4) is 0 Å². The molecule has 156 valence electrons. The van der Waals surface area contributed by atoms with Crippen LogP contribution in [0.5, 0.6) is 0 Å². The lowest BCUT2D eigenvalue weighted by Crippen LogP contribution is -2.53. The zero-order valence-electron chi connectivity index (χ0n) is 16.9. The summed E-state index contributed by atoms with van der Waals surface area (Å²) in [5.41, 5.74) is 0.256. The smallest absolute Gasteiger partial charge is 0.261 e. The molecule has 7 nitrogen and oxygen atoms in total. The molecule has 7 heteroatoms. The first kappa shape index (κ1) is 20.0. The maximum atomic E-state index is 12.7. The summed E-state index contributed by atoms with van der Waals surface area (Å²) >= 11 is 0. The van der Waals surface area contributed by atoms with Gasteiger partial charge >= 0.3 is 0 Å². The van der Waals surface area contributed by atoms with Gasteiger partial charge in [0.25, 0.3) is 5.56 Å². The number of hydrogen-bond acceptors (Lipinski definition) is 5. The highest BCUT2D eigenvalue weighted by atomic mass is 16.5. The minimum atomic E-state index is -0.316. The SMILES string of the molecule is CC[C@H]1C[C@@H](O)CC2(CCN(C(=O)CCn3cnc4ccccc4c3=O)CC2)O1. The van der Waals surface area contributed by atoms with Crippen molar-refractivity contribution in [3.63, 3.8) is 0 Å². The Morgan fingerprint density at radius 3 is 2.83 bits per heavy atom. The van der Waals surface area contributed by atoms with Crippen LogP contribution in [0.25, 0.3) is 10.9 Å². The second-order valence-corrected chi connectivity index (χ2v) is 8.32. The standard InChI is InChI=1S/C22H29N3O4/c1-2-17-13-16(26)14-22(29-17)8-11-24(12-9-22)20(27)7-10-25-15-23-19-6-4-3-5-18(19)21(25)28/h3-6,15-17,26H,2,7-14H2,1H3/t16-,17+/m1/s1. The van der Waals surface area contributed by atoms with Crippen molar-refractivity contribution in [1.82, 2.24) is 14.5 Å². The molecular weight excluding hydrogens is 370 g/mol. The number of rotatable bonds is 4. The maximum Gasteiger partial charge on any atom is 0.261 e. The Balaban J connectivity index is 1.35. The number of para-hydroxylation sites is 1. The van der Waals surface area contributed by atoms with Crippen molar-refractivity contribution >= 4 is 16.8 Å². The Morgan fingerprint density at radius 2 is 2.07 bits per heavy atom. The molecule has 2 aromatic rings.